The quantitative estimate of drug-likeness (QED) is 0.568. The smallest absolute Gasteiger partial charge is 0.288 e. The second kappa shape index (κ2) is 9.24. The normalized spacial score (nSPS) is 10.7. The second-order valence-electron chi connectivity index (χ2n) is 4.67. The average Bonchev–Trinajstić information content (AvgIpc) is 2.57. The lowest BCUT2D eigenvalue weighted by atomic mass is 10.2. The van der Waals surface area contributed by atoms with Gasteiger partial charge in [0.1, 0.15) is 12.4 Å². The number of ether oxygens (including phenoxy) is 2. The summed E-state index contributed by atoms with van der Waals surface area (Å²) in [6.45, 7) is 0.697. The molecular formula is C17H17F2NO3S. The average molecular weight is 353 g/mol. The van der Waals surface area contributed by atoms with E-state index in [1.165, 1.54) is 6.07 Å². The van der Waals surface area contributed by atoms with Gasteiger partial charge in [-0.25, -0.2) is 0 Å². The predicted molar refractivity (Wildman–Crippen MR) is 90.1 cm³/mol. The van der Waals surface area contributed by atoms with E-state index in [9.17, 15) is 13.6 Å². The summed E-state index contributed by atoms with van der Waals surface area (Å²) in [7, 11) is 1.56. The number of rotatable bonds is 8. The second-order valence-corrected chi connectivity index (χ2v) is 5.70. The summed E-state index contributed by atoms with van der Waals surface area (Å²) in [4.78, 5) is 12.8. The van der Waals surface area contributed by atoms with Crippen molar-refractivity contribution in [2.45, 2.75) is 10.7 Å². The number of hydrogen-bond donors (Lipinski definition) is 1. The maximum atomic E-state index is 12.6. The molecule has 4 nitrogen and oxygen atoms in total. The Kier molecular flexibility index (Phi) is 7.02. The fourth-order valence-corrected chi connectivity index (χ4v) is 2.57. The Morgan fingerprint density at radius 3 is 2.58 bits per heavy atom. The van der Waals surface area contributed by atoms with Gasteiger partial charge in [0.2, 0.25) is 0 Å². The molecule has 0 aliphatic rings. The minimum Gasteiger partial charge on any atom is -0.490 e. The van der Waals surface area contributed by atoms with Crippen LogP contribution in [0.4, 0.5) is 14.5 Å². The minimum absolute atomic E-state index is 0.304. The Morgan fingerprint density at radius 1 is 1.12 bits per heavy atom. The van der Waals surface area contributed by atoms with Crippen LogP contribution in [0.25, 0.3) is 0 Å². The monoisotopic (exact) mass is 353 g/mol. The van der Waals surface area contributed by atoms with Crippen LogP contribution in [0, 0.1) is 0 Å². The zero-order chi connectivity index (χ0) is 17.4. The van der Waals surface area contributed by atoms with Gasteiger partial charge in [-0.05, 0) is 24.3 Å². The van der Waals surface area contributed by atoms with Gasteiger partial charge < -0.3 is 14.8 Å². The number of amides is 1. The van der Waals surface area contributed by atoms with Crippen molar-refractivity contribution < 1.29 is 23.0 Å². The van der Waals surface area contributed by atoms with Crippen molar-refractivity contribution in [1.82, 2.24) is 0 Å². The summed E-state index contributed by atoms with van der Waals surface area (Å²) in [5, 5.41) is 2.66. The van der Waals surface area contributed by atoms with Gasteiger partial charge in [-0.1, -0.05) is 36.0 Å². The molecule has 0 bridgehead atoms. The number of alkyl halides is 2. The van der Waals surface area contributed by atoms with Crippen LogP contribution in [-0.4, -0.2) is 32.0 Å². The zero-order valence-electron chi connectivity index (χ0n) is 13.0. The van der Waals surface area contributed by atoms with Gasteiger partial charge in [0.25, 0.3) is 11.7 Å². The van der Waals surface area contributed by atoms with Gasteiger partial charge in [0, 0.05) is 12.0 Å². The number of benzene rings is 2. The number of hydrogen-bond acceptors (Lipinski definition) is 4. The van der Waals surface area contributed by atoms with Gasteiger partial charge in [-0.2, -0.15) is 8.78 Å². The third kappa shape index (κ3) is 5.21. The highest BCUT2D eigenvalue weighted by atomic mass is 32.2. The molecule has 128 valence electrons. The molecule has 0 saturated carbocycles. The topological polar surface area (TPSA) is 47.6 Å². The van der Waals surface area contributed by atoms with Crippen LogP contribution in [0.15, 0.2) is 53.4 Å². The van der Waals surface area contributed by atoms with Crippen LogP contribution < -0.4 is 10.1 Å². The molecule has 0 unspecified atom stereocenters. The number of nitrogens with one attached hydrogen (secondary N) is 1. The SMILES string of the molecule is COCCOc1ccccc1C(=O)Nc1ccccc1SC(F)F. The lowest BCUT2D eigenvalue weighted by Crippen LogP contribution is -2.15. The first-order valence-electron chi connectivity index (χ1n) is 7.17. The maximum Gasteiger partial charge on any atom is 0.288 e. The number of thioether (sulfide) groups is 1. The number of para-hydroxylation sites is 2. The first-order chi connectivity index (χ1) is 11.6. The van der Waals surface area contributed by atoms with Crippen molar-refractivity contribution in [3.05, 3.63) is 54.1 Å². The Bertz CT molecular complexity index is 682. The van der Waals surface area contributed by atoms with Crippen molar-refractivity contribution in [2.75, 3.05) is 25.6 Å². The fraction of sp³-hybridized carbons (Fsp3) is 0.235. The van der Waals surface area contributed by atoms with Gasteiger partial charge in [-0.3, -0.25) is 4.79 Å². The van der Waals surface area contributed by atoms with E-state index in [0.29, 0.717) is 46.9 Å². The summed E-state index contributed by atoms with van der Waals surface area (Å²) in [5.74, 6) is -2.58. The van der Waals surface area contributed by atoms with Gasteiger partial charge in [0.15, 0.2) is 0 Å². The van der Waals surface area contributed by atoms with E-state index in [1.807, 2.05) is 0 Å². The van der Waals surface area contributed by atoms with Crippen LogP contribution >= 0.6 is 11.8 Å². The lowest BCUT2D eigenvalue weighted by Gasteiger charge is -2.13. The summed E-state index contributed by atoms with van der Waals surface area (Å²) in [6.07, 6.45) is 0. The first kappa shape index (κ1) is 18.2. The van der Waals surface area contributed by atoms with Crippen molar-refractivity contribution in [1.29, 1.82) is 0 Å². The molecule has 0 saturated heterocycles. The molecule has 0 fully saturated rings. The highest BCUT2D eigenvalue weighted by Gasteiger charge is 2.15. The Hall–Kier alpha value is -2.12. The molecule has 7 heteroatoms. The van der Waals surface area contributed by atoms with E-state index in [2.05, 4.69) is 5.32 Å². The van der Waals surface area contributed by atoms with E-state index < -0.39 is 11.7 Å². The van der Waals surface area contributed by atoms with E-state index in [0.717, 1.165) is 0 Å². The molecule has 1 amide bonds. The molecule has 0 aromatic heterocycles. The van der Waals surface area contributed by atoms with E-state index in [4.69, 9.17) is 9.47 Å². The van der Waals surface area contributed by atoms with Crippen molar-refractivity contribution in [3.63, 3.8) is 0 Å². The van der Waals surface area contributed by atoms with Crippen molar-refractivity contribution >= 4 is 23.4 Å². The summed E-state index contributed by atoms with van der Waals surface area (Å²) in [6, 6.07) is 13.2. The molecule has 0 spiro atoms. The van der Waals surface area contributed by atoms with Gasteiger partial charge >= 0.3 is 0 Å². The van der Waals surface area contributed by atoms with E-state index in [-0.39, 0.29) is 0 Å². The summed E-state index contributed by atoms with van der Waals surface area (Å²) in [5.41, 5.74) is 0.657. The van der Waals surface area contributed by atoms with Gasteiger partial charge in [0.05, 0.1) is 17.9 Å². The van der Waals surface area contributed by atoms with Crippen molar-refractivity contribution in [2.24, 2.45) is 0 Å². The highest BCUT2D eigenvalue weighted by molar-refractivity contribution is 7.99. The van der Waals surface area contributed by atoms with Crippen LogP contribution in [0.1, 0.15) is 10.4 Å². The largest absolute Gasteiger partial charge is 0.490 e. The Balaban J connectivity index is 2.16. The van der Waals surface area contributed by atoms with E-state index >= 15 is 0 Å². The van der Waals surface area contributed by atoms with Crippen LogP contribution in [0.3, 0.4) is 0 Å². The zero-order valence-corrected chi connectivity index (χ0v) is 13.8. The maximum absolute atomic E-state index is 12.6. The predicted octanol–water partition coefficient (Wildman–Crippen LogP) is 4.28. The van der Waals surface area contributed by atoms with Crippen molar-refractivity contribution in [3.8, 4) is 5.75 Å². The van der Waals surface area contributed by atoms with E-state index in [1.54, 1.807) is 49.6 Å². The summed E-state index contributed by atoms with van der Waals surface area (Å²) >= 11 is 0.387. The molecule has 2 aromatic rings. The number of carbonyl (C=O) groups excluding carboxylic acids is 1. The Morgan fingerprint density at radius 2 is 1.83 bits per heavy atom. The highest BCUT2D eigenvalue weighted by Crippen LogP contribution is 2.32. The molecule has 1 N–H and O–H groups in total. The number of methoxy groups -OCH3 is 1. The molecule has 2 rings (SSSR count). The van der Waals surface area contributed by atoms with Crippen LogP contribution in [-0.2, 0) is 4.74 Å². The molecular weight excluding hydrogens is 336 g/mol. The lowest BCUT2D eigenvalue weighted by molar-refractivity contribution is 0.101. The molecule has 24 heavy (non-hydrogen) atoms. The number of anilines is 1. The molecule has 0 radical (unpaired) electrons. The molecule has 0 atom stereocenters. The first-order valence-corrected chi connectivity index (χ1v) is 8.05. The molecule has 0 aliphatic heterocycles. The summed E-state index contributed by atoms with van der Waals surface area (Å²) < 4.78 is 35.7. The third-order valence-electron chi connectivity index (χ3n) is 3.03. The standard InChI is InChI=1S/C17H17F2NO3S/c1-22-10-11-23-14-8-4-2-6-12(14)16(21)20-13-7-3-5-9-15(13)24-17(18)19/h2-9,17H,10-11H2,1H3,(H,20,21). The number of halogens is 2. The number of carbonyl (C=O) groups is 1. The van der Waals surface area contributed by atoms with Gasteiger partial charge in [-0.15, -0.1) is 0 Å². The minimum atomic E-state index is -2.56. The molecule has 0 heterocycles. The molecule has 2 aromatic carbocycles. The van der Waals surface area contributed by atoms with Crippen LogP contribution in [0.5, 0.6) is 5.75 Å². The fourth-order valence-electron chi connectivity index (χ4n) is 1.97. The molecule has 0 aliphatic carbocycles. The van der Waals surface area contributed by atoms with Crippen LogP contribution in [0.2, 0.25) is 0 Å². The Labute approximate surface area is 143 Å². The third-order valence-corrected chi connectivity index (χ3v) is 3.82.